The Morgan fingerprint density at radius 1 is 1.20 bits per heavy atom. The van der Waals surface area contributed by atoms with Gasteiger partial charge in [-0.05, 0) is 19.9 Å². The number of nitrogens with zero attached hydrogens (tertiary/aromatic N) is 3. The zero-order valence-electron chi connectivity index (χ0n) is 11.0. The van der Waals surface area contributed by atoms with Crippen LogP contribution >= 0.6 is 0 Å². The van der Waals surface area contributed by atoms with E-state index in [2.05, 4.69) is 4.98 Å². The topological polar surface area (TPSA) is 79.8 Å². The number of aryl methyl sites for hydroxylation is 2. The maximum Gasteiger partial charge on any atom is 0.258 e. The van der Waals surface area contributed by atoms with Gasteiger partial charge in [-0.2, -0.15) is 0 Å². The van der Waals surface area contributed by atoms with E-state index in [-0.39, 0.29) is 17.1 Å². The normalized spacial score (nSPS) is 11.1. The first-order valence-electron chi connectivity index (χ1n) is 6.07. The van der Waals surface area contributed by atoms with Crippen molar-refractivity contribution < 1.29 is 10.2 Å². The van der Waals surface area contributed by atoms with E-state index < -0.39 is 0 Å². The van der Waals surface area contributed by atoms with Gasteiger partial charge in [0, 0.05) is 30.2 Å². The third-order valence-corrected chi connectivity index (χ3v) is 3.34. The molecule has 0 saturated heterocycles. The standard InChI is InChI=1S/C14H13N3O3/c1-8-9(2)17-7-10(5-12(19)14(17)15-8)16-4-3-11(18)6-13(16)20/h3-7,18-19H,1-2H3. The van der Waals surface area contributed by atoms with Crippen LogP contribution in [0.1, 0.15) is 11.4 Å². The fraction of sp³-hybridized carbons (Fsp3) is 0.143. The maximum atomic E-state index is 11.9. The summed E-state index contributed by atoms with van der Waals surface area (Å²) in [6, 6.07) is 4.00. The molecule has 3 rings (SSSR count). The number of aromatic hydroxyl groups is 2. The van der Waals surface area contributed by atoms with Crippen molar-refractivity contribution in [2.24, 2.45) is 0 Å². The Hall–Kier alpha value is -2.76. The molecule has 0 bridgehead atoms. The highest BCUT2D eigenvalue weighted by atomic mass is 16.3. The van der Waals surface area contributed by atoms with Crippen LogP contribution in [-0.2, 0) is 0 Å². The van der Waals surface area contributed by atoms with Crippen molar-refractivity contribution in [3.8, 4) is 17.2 Å². The van der Waals surface area contributed by atoms with Crippen molar-refractivity contribution >= 4 is 5.65 Å². The summed E-state index contributed by atoms with van der Waals surface area (Å²) < 4.78 is 3.08. The van der Waals surface area contributed by atoms with Crippen LogP contribution in [0.2, 0.25) is 0 Å². The number of aromatic nitrogens is 3. The summed E-state index contributed by atoms with van der Waals surface area (Å²) >= 11 is 0. The second-order valence-electron chi connectivity index (χ2n) is 4.65. The summed E-state index contributed by atoms with van der Waals surface area (Å²) in [6.45, 7) is 3.74. The molecule has 0 amide bonds. The van der Waals surface area contributed by atoms with Gasteiger partial charge >= 0.3 is 0 Å². The van der Waals surface area contributed by atoms with E-state index in [1.807, 2.05) is 13.8 Å². The van der Waals surface area contributed by atoms with E-state index in [1.165, 1.54) is 22.9 Å². The van der Waals surface area contributed by atoms with Gasteiger partial charge in [-0.3, -0.25) is 13.8 Å². The van der Waals surface area contributed by atoms with Crippen molar-refractivity contribution in [3.05, 3.63) is 52.3 Å². The van der Waals surface area contributed by atoms with Crippen LogP contribution in [0.3, 0.4) is 0 Å². The van der Waals surface area contributed by atoms with Gasteiger partial charge in [-0.1, -0.05) is 0 Å². The lowest BCUT2D eigenvalue weighted by molar-refractivity contribution is 0.472. The largest absolute Gasteiger partial charge is 0.508 e. The lowest BCUT2D eigenvalue weighted by Crippen LogP contribution is -2.16. The first-order chi connectivity index (χ1) is 9.47. The molecule has 0 unspecified atom stereocenters. The number of pyridine rings is 2. The molecule has 0 aromatic carbocycles. The molecule has 0 radical (unpaired) electrons. The van der Waals surface area contributed by atoms with Crippen LogP contribution in [0.4, 0.5) is 0 Å². The summed E-state index contributed by atoms with van der Waals surface area (Å²) in [7, 11) is 0. The Labute approximate surface area is 114 Å². The molecule has 0 spiro atoms. The second-order valence-corrected chi connectivity index (χ2v) is 4.65. The van der Waals surface area contributed by atoms with Crippen molar-refractivity contribution in [1.82, 2.24) is 14.0 Å². The maximum absolute atomic E-state index is 11.9. The molecule has 0 aliphatic rings. The zero-order chi connectivity index (χ0) is 14.4. The molecule has 102 valence electrons. The molecule has 0 aliphatic carbocycles. The Balaban J connectivity index is 2.32. The minimum absolute atomic E-state index is 0.00123. The Kier molecular flexibility index (Phi) is 2.53. The van der Waals surface area contributed by atoms with Crippen molar-refractivity contribution in [1.29, 1.82) is 0 Å². The van der Waals surface area contributed by atoms with E-state index in [9.17, 15) is 15.0 Å². The van der Waals surface area contributed by atoms with E-state index in [0.717, 1.165) is 17.5 Å². The Morgan fingerprint density at radius 2 is 1.95 bits per heavy atom. The highest BCUT2D eigenvalue weighted by molar-refractivity contribution is 5.59. The number of rotatable bonds is 1. The van der Waals surface area contributed by atoms with Crippen LogP contribution < -0.4 is 5.56 Å². The van der Waals surface area contributed by atoms with Crippen molar-refractivity contribution in [2.45, 2.75) is 13.8 Å². The molecule has 0 saturated carbocycles. The molecule has 0 fully saturated rings. The van der Waals surface area contributed by atoms with Gasteiger partial charge in [0.2, 0.25) is 0 Å². The van der Waals surface area contributed by atoms with Crippen molar-refractivity contribution in [2.75, 3.05) is 0 Å². The molecular weight excluding hydrogens is 258 g/mol. The summed E-state index contributed by atoms with van der Waals surface area (Å²) in [5.74, 6) is -0.0927. The fourth-order valence-corrected chi connectivity index (χ4v) is 2.15. The molecule has 6 heteroatoms. The van der Waals surface area contributed by atoms with E-state index in [0.29, 0.717) is 11.3 Å². The molecule has 0 aliphatic heterocycles. The van der Waals surface area contributed by atoms with Gasteiger partial charge < -0.3 is 10.2 Å². The van der Waals surface area contributed by atoms with Crippen LogP contribution in [0.25, 0.3) is 11.3 Å². The average Bonchev–Trinajstić information content (AvgIpc) is 2.67. The lowest BCUT2D eigenvalue weighted by Gasteiger charge is -2.08. The Bertz CT molecular complexity index is 877. The van der Waals surface area contributed by atoms with E-state index in [1.54, 1.807) is 10.6 Å². The van der Waals surface area contributed by atoms with E-state index in [4.69, 9.17) is 0 Å². The molecule has 6 nitrogen and oxygen atoms in total. The zero-order valence-corrected chi connectivity index (χ0v) is 11.0. The summed E-state index contributed by atoms with van der Waals surface area (Å²) in [5.41, 5.74) is 2.29. The molecule has 20 heavy (non-hydrogen) atoms. The third kappa shape index (κ3) is 1.73. The lowest BCUT2D eigenvalue weighted by atomic mass is 10.3. The number of hydrogen-bond acceptors (Lipinski definition) is 4. The van der Waals surface area contributed by atoms with Crippen LogP contribution in [0, 0.1) is 13.8 Å². The van der Waals surface area contributed by atoms with Gasteiger partial charge in [-0.25, -0.2) is 4.98 Å². The third-order valence-electron chi connectivity index (χ3n) is 3.34. The number of imidazole rings is 1. The molecule has 3 heterocycles. The molecule has 3 aromatic heterocycles. The minimum Gasteiger partial charge on any atom is -0.508 e. The highest BCUT2D eigenvalue weighted by Gasteiger charge is 2.11. The molecule has 3 aromatic rings. The summed E-state index contributed by atoms with van der Waals surface area (Å²) in [6.07, 6.45) is 3.18. The molecule has 2 N–H and O–H groups in total. The van der Waals surface area contributed by atoms with Crippen LogP contribution in [-0.4, -0.2) is 24.2 Å². The average molecular weight is 271 g/mol. The highest BCUT2D eigenvalue weighted by Crippen LogP contribution is 2.23. The predicted molar refractivity (Wildman–Crippen MR) is 73.6 cm³/mol. The summed E-state index contributed by atoms with van der Waals surface area (Å²) in [4.78, 5) is 16.1. The monoisotopic (exact) mass is 271 g/mol. The molecular formula is C14H13N3O3. The van der Waals surface area contributed by atoms with Gasteiger partial charge in [0.1, 0.15) is 5.75 Å². The smallest absolute Gasteiger partial charge is 0.258 e. The van der Waals surface area contributed by atoms with Gasteiger partial charge in [0.05, 0.1) is 11.4 Å². The predicted octanol–water partition coefficient (Wildman–Crippen LogP) is 1.51. The van der Waals surface area contributed by atoms with Crippen LogP contribution in [0.15, 0.2) is 35.4 Å². The Morgan fingerprint density at radius 3 is 2.65 bits per heavy atom. The second kappa shape index (κ2) is 4.12. The van der Waals surface area contributed by atoms with Gasteiger partial charge in [0.25, 0.3) is 5.56 Å². The SMILES string of the molecule is Cc1nc2c(O)cc(-n3ccc(O)cc3=O)cn2c1C. The number of hydrogen-bond donors (Lipinski definition) is 2. The van der Waals surface area contributed by atoms with Crippen LogP contribution in [0.5, 0.6) is 11.5 Å². The quantitative estimate of drug-likeness (QED) is 0.703. The van der Waals surface area contributed by atoms with E-state index >= 15 is 0 Å². The minimum atomic E-state index is -0.377. The van der Waals surface area contributed by atoms with Crippen molar-refractivity contribution in [3.63, 3.8) is 0 Å². The van der Waals surface area contributed by atoms with Gasteiger partial charge in [0.15, 0.2) is 11.4 Å². The van der Waals surface area contributed by atoms with Gasteiger partial charge in [-0.15, -0.1) is 0 Å². The fourth-order valence-electron chi connectivity index (χ4n) is 2.15. The first kappa shape index (κ1) is 12.3. The first-order valence-corrected chi connectivity index (χ1v) is 6.07. The summed E-state index contributed by atoms with van der Waals surface area (Å²) in [5, 5.41) is 19.3. The number of fused-ring (bicyclic) bond motifs is 1. The molecule has 0 atom stereocenters.